The van der Waals surface area contributed by atoms with Crippen LogP contribution in [0.15, 0.2) is 30.3 Å². The molecule has 0 radical (unpaired) electrons. The summed E-state index contributed by atoms with van der Waals surface area (Å²) < 4.78 is 5.95. The monoisotopic (exact) mass is 288 g/mol. The molecule has 1 saturated carbocycles. The van der Waals surface area contributed by atoms with E-state index in [-0.39, 0.29) is 0 Å². The van der Waals surface area contributed by atoms with Crippen LogP contribution in [0.25, 0.3) is 0 Å². The summed E-state index contributed by atoms with van der Waals surface area (Å²) in [6.45, 7) is 6.39. The Balaban J connectivity index is 1.76. The maximum atomic E-state index is 5.95. The van der Waals surface area contributed by atoms with E-state index in [1.807, 2.05) is 0 Å². The Labute approximate surface area is 131 Å². The Morgan fingerprint density at radius 1 is 1.00 bits per heavy atom. The van der Waals surface area contributed by atoms with Crippen molar-refractivity contribution in [2.75, 3.05) is 6.61 Å². The summed E-state index contributed by atoms with van der Waals surface area (Å²) in [4.78, 5) is 0. The molecule has 1 heteroatoms. The largest absolute Gasteiger partial charge is 0.377 e. The van der Waals surface area contributed by atoms with Gasteiger partial charge in [-0.1, -0.05) is 69.9 Å². The Hall–Kier alpha value is -0.820. The minimum Gasteiger partial charge on any atom is -0.377 e. The van der Waals surface area contributed by atoms with Crippen LogP contribution in [0.4, 0.5) is 0 Å². The maximum absolute atomic E-state index is 5.95. The number of hydrogen-bond donors (Lipinski definition) is 0. The molecule has 21 heavy (non-hydrogen) atoms. The highest BCUT2D eigenvalue weighted by molar-refractivity contribution is 5.13. The molecule has 1 aliphatic rings. The van der Waals surface area contributed by atoms with Crippen LogP contribution in [0.2, 0.25) is 0 Å². The van der Waals surface area contributed by atoms with E-state index in [4.69, 9.17) is 4.74 Å². The van der Waals surface area contributed by atoms with Crippen molar-refractivity contribution >= 4 is 0 Å². The van der Waals surface area contributed by atoms with Gasteiger partial charge in [0.2, 0.25) is 0 Å². The van der Waals surface area contributed by atoms with Gasteiger partial charge in [0.1, 0.15) is 0 Å². The van der Waals surface area contributed by atoms with Gasteiger partial charge in [0.15, 0.2) is 0 Å². The molecule has 0 spiro atoms. The highest BCUT2D eigenvalue weighted by Gasteiger charge is 2.31. The fourth-order valence-electron chi connectivity index (χ4n) is 3.57. The zero-order valence-electron chi connectivity index (χ0n) is 13.9. The van der Waals surface area contributed by atoms with Crippen LogP contribution < -0.4 is 0 Å². The lowest BCUT2D eigenvalue weighted by Crippen LogP contribution is -2.26. The van der Waals surface area contributed by atoms with Gasteiger partial charge < -0.3 is 4.74 Å². The van der Waals surface area contributed by atoms with Gasteiger partial charge in [0.25, 0.3) is 0 Å². The lowest BCUT2D eigenvalue weighted by molar-refractivity contribution is 0.0572. The first-order valence-corrected chi connectivity index (χ1v) is 8.82. The molecule has 0 N–H and O–H groups in total. The minimum absolute atomic E-state index is 0.583. The molecule has 1 aliphatic carbocycles. The van der Waals surface area contributed by atoms with Crippen molar-refractivity contribution in [1.29, 1.82) is 0 Å². The minimum atomic E-state index is 0.583. The first-order chi connectivity index (χ1) is 10.2. The van der Waals surface area contributed by atoms with E-state index in [0.29, 0.717) is 5.41 Å². The quantitative estimate of drug-likeness (QED) is 0.535. The Morgan fingerprint density at radius 3 is 2.38 bits per heavy atom. The molecule has 1 aromatic carbocycles. The Morgan fingerprint density at radius 2 is 1.71 bits per heavy atom. The summed E-state index contributed by atoms with van der Waals surface area (Å²) in [5, 5.41) is 0. The van der Waals surface area contributed by atoms with Crippen LogP contribution in [0.5, 0.6) is 0 Å². The molecule has 0 aliphatic heterocycles. The molecule has 0 saturated heterocycles. The predicted octanol–water partition coefficient (Wildman–Crippen LogP) is 5.98. The second-order valence-corrected chi connectivity index (χ2v) is 7.28. The molecule has 1 aromatic rings. The van der Waals surface area contributed by atoms with E-state index in [1.54, 1.807) is 0 Å². The maximum Gasteiger partial charge on any atom is 0.0716 e. The van der Waals surface area contributed by atoms with Crippen LogP contribution in [-0.4, -0.2) is 6.61 Å². The molecule has 0 bridgehead atoms. The zero-order valence-corrected chi connectivity index (χ0v) is 13.9. The zero-order chi connectivity index (χ0) is 15.0. The van der Waals surface area contributed by atoms with Crippen molar-refractivity contribution < 1.29 is 4.74 Å². The molecule has 0 aromatic heterocycles. The molecule has 118 valence electrons. The van der Waals surface area contributed by atoms with Crippen molar-refractivity contribution in [3.63, 3.8) is 0 Å². The first kappa shape index (κ1) is 16.5. The number of benzene rings is 1. The third-order valence-electron chi connectivity index (χ3n) is 5.05. The lowest BCUT2D eigenvalue weighted by Gasteiger charge is -2.38. The van der Waals surface area contributed by atoms with Gasteiger partial charge in [-0.15, -0.1) is 0 Å². The average Bonchev–Trinajstić information content (AvgIpc) is 2.52. The summed E-state index contributed by atoms with van der Waals surface area (Å²) in [6, 6.07) is 10.5. The van der Waals surface area contributed by atoms with E-state index in [0.717, 1.165) is 19.1 Å². The second-order valence-electron chi connectivity index (χ2n) is 7.28. The van der Waals surface area contributed by atoms with Crippen molar-refractivity contribution in [2.24, 2.45) is 11.3 Å². The number of ether oxygens (including phenoxy) is 1. The number of hydrogen-bond acceptors (Lipinski definition) is 1. The van der Waals surface area contributed by atoms with Crippen molar-refractivity contribution in [2.45, 2.75) is 71.8 Å². The van der Waals surface area contributed by atoms with Gasteiger partial charge in [-0.25, -0.2) is 0 Å². The van der Waals surface area contributed by atoms with Gasteiger partial charge in [0.05, 0.1) is 6.61 Å². The van der Waals surface area contributed by atoms with E-state index < -0.39 is 0 Å². The van der Waals surface area contributed by atoms with Gasteiger partial charge in [0, 0.05) is 6.61 Å². The normalized spacial score (nSPS) is 18.0. The van der Waals surface area contributed by atoms with E-state index in [9.17, 15) is 0 Å². The summed E-state index contributed by atoms with van der Waals surface area (Å²) >= 11 is 0. The standard InChI is InChI=1S/C20H32O/c1-18(2)11-14-20(12-7-4-8-13-20)15-16-21-17-19-9-5-3-6-10-19/h3,5-6,9-10,18H,4,7-8,11-17H2,1-2H3. The highest BCUT2D eigenvalue weighted by atomic mass is 16.5. The Bertz CT molecular complexity index is 376. The smallest absolute Gasteiger partial charge is 0.0716 e. The van der Waals surface area contributed by atoms with E-state index in [1.165, 1.54) is 56.9 Å². The molecular weight excluding hydrogens is 256 g/mol. The Kier molecular flexibility index (Phi) is 6.76. The van der Waals surface area contributed by atoms with Crippen LogP contribution in [0.3, 0.4) is 0 Å². The van der Waals surface area contributed by atoms with Gasteiger partial charge in [-0.05, 0) is 42.6 Å². The molecule has 1 nitrogen and oxygen atoms in total. The summed E-state index contributed by atoms with van der Waals surface area (Å²) in [5.41, 5.74) is 1.87. The van der Waals surface area contributed by atoms with Crippen LogP contribution in [0.1, 0.15) is 70.8 Å². The predicted molar refractivity (Wildman–Crippen MR) is 90.3 cm³/mol. The summed E-state index contributed by atoms with van der Waals surface area (Å²) in [7, 11) is 0. The molecule has 0 amide bonds. The first-order valence-electron chi connectivity index (χ1n) is 8.82. The molecule has 2 rings (SSSR count). The topological polar surface area (TPSA) is 9.23 Å². The fourth-order valence-corrected chi connectivity index (χ4v) is 3.57. The molecule has 1 fully saturated rings. The average molecular weight is 288 g/mol. The summed E-state index contributed by atoms with van der Waals surface area (Å²) in [5.74, 6) is 0.828. The molecule has 0 unspecified atom stereocenters. The van der Waals surface area contributed by atoms with Gasteiger partial charge in [-0.3, -0.25) is 0 Å². The van der Waals surface area contributed by atoms with E-state index in [2.05, 4.69) is 44.2 Å². The van der Waals surface area contributed by atoms with Gasteiger partial charge >= 0.3 is 0 Å². The molecule has 0 heterocycles. The van der Waals surface area contributed by atoms with Crippen LogP contribution in [-0.2, 0) is 11.3 Å². The van der Waals surface area contributed by atoms with Crippen molar-refractivity contribution in [1.82, 2.24) is 0 Å². The van der Waals surface area contributed by atoms with E-state index >= 15 is 0 Å². The van der Waals surface area contributed by atoms with Crippen LogP contribution in [0, 0.1) is 11.3 Å². The third-order valence-corrected chi connectivity index (χ3v) is 5.05. The van der Waals surface area contributed by atoms with Gasteiger partial charge in [-0.2, -0.15) is 0 Å². The van der Waals surface area contributed by atoms with Crippen LogP contribution >= 0.6 is 0 Å². The van der Waals surface area contributed by atoms with Crippen molar-refractivity contribution in [3.05, 3.63) is 35.9 Å². The number of rotatable bonds is 8. The highest BCUT2D eigenvalue weighted by Crippen LogP contribution is 2.43. The second kappa shape index (κ2) is 8.58. The SMILES string of the molecule is CC(C)CCC1(CCOCc2ccccc2)CCCCC1. The fraction of sp³-hybridized carbons (Fsp3) is 0.700. The third kappa shape index (κ3) is 5.82. The summed E-state index contributed by atoms with van der Waals surface area (Å²) in [6.07, 6.45) is 11.2. The molecule has 0 atom stereocenters. The molecular formula is C20H32O. The van der Waals surface area contributed by atoms with Crippen molar-refractivity contribution in [3.8, 4) is 0 Å². The lowest BCUT2D eigenvalue weighted by atomic mass is 9.68.